The lowest BCUT2D eigenvalue weighted by Crippen LogP contribution is -2.34. The molecule has 2 aromatic rings. The molecule has 1 aromatic carbocycles. The number of para-hydroxylation sites is 1. The van der Waals surface area contributed by atoms with Gasteiger partial charge in [0.2, 0.25) is 10.0 Å². The number of sulfonamides is 1. The number of aromatic nitrogens is 2. The first kappa shape index (κ1) is 18.9. The number of hydrogen-bond acceptors (Lipinski definition) is 4. The second kappa shape index (κ2) is 6.79. The highest BCUT2D eigenvalue weighted by atomic mass is 35.5. The summed E-state index contributed by atoms with van der Waals surface area (Å²) in [6, 6.07) is 6.08. The minimum absolute atomic E-state index is 0. The van der Waals surface area contributed by atoms with Crippen LogP contribution >= 0.6 is 12.4 Å². The molecule has 0 aliphatic carbocycles. The van der Waals surface area contributed by atoms with Gasteiger partial charge in [-0.2, -0.15) is 9.40 Å². The monoisotopic (exact) mass is 374 g/mol. The SMILES string of the molecule is CC1(CN)CCN(S(=O)(=O)c2cnn(-c3ccccc3F)c2)C1.Cl. The normalized spacial score (nSPS) is 21.6. The number of benzene rings is 1. The van der Waals surface area contributed by atoms with E-state index < -0.39 is 15.8 Å². The van der Waals surface area contributed by atoms with Gasteiger partial charge in [0.05, 0.1) is 12.4 Å². The zero-order valence-electron chi connectivity index (χ0n) is 13.2. The predicted molar refractivity (Wildman–Crippen MR) is 91.3 cm³/mol. The molecule has 3 rings (SSSR count). The van der Waals surface area contributed by atoms with Crippen molar-refractivity contribution in [2.45, 2.75) is 18.2 Å². The van der Waals surface area contributed by atoms with Crippen molar-refractivity contribution in [3.05, 3.63) is 42.5 Å². The van der Waals surface area contributed by atoms with Crippen molar-refractivity contribution >= 4 is 22.4 Å². The Morgan fingerprint density at radius 3 is 2.71 bits per heavy atom. The maximum atomic E-state index is 13.8. The summed E-state index contributed by atoms with van der Waals surface area (Å²) in [6.45, 7) is 3.23. The Bertz CT molecular complexity index is 826. The molecule has 132 valence electrons. The average molecular weight is 375 g/mol. The highest BCUT2D eigenvalue weighted by Gasteiger charge is 2.39. The minimum atomic E-state index is -3.65. The third-order valence-electron chi connectivity index (χ3n) is 4.31. The van der Waals surface area contributed by atoms with E-state index in [1.54, 1.807) is 18.2 Å². The summed E-state index contributed by atoms with van der Waals surface area (Å²) in [6.07, 6.45) is 3.32. The molecule has 0 bridgehead atoms. The number of nitrogens with two attached hydrogens (primary N) is 1. The van der Waals surface area contributed by atoms with Gasteiger partial charge in [-0.25, -0.2) is 17.5 Å². The molecule has 1 aliphatic rings. The highest BCUT2D eigenvalue weighted by Crippen LogP contribution is 2.32. The van der Waals surface area contributed by atoms with Gasteiger partial charge in [-0.05, 0) is 30.5 Å². The maximum Gasteiger partial charge on any atom is 0.246 e. The van der Waals surface area contributed by atoms with E-state index >= 15 is 0 Å². The lowest BCUT2D eigenvalue weighted by atomic mass is 9.90. The minimum Gasteiger partial charge on any atom is -0.330 e. The van der Waals surface area contributed by atoms with Gasteiger partial charge in [0.25, 0.3) is 0 Å². The zero-order valence-corrected chi connectivity index (χ0v) is 14.9. The summed E-state index contributed by atoms with van der Waals surface area (Å²) in [4.78, 5) is 0.0574. The van der Waals surface area contributed by atoms with Crippen LogP contribution in [-0.4, -0.2) is 42.1 Å². The van der Waals surface area contributed by atoms with E-state index in [0.29, 0.717) is 19.6 Å². The molecule has 2 heterocycles. The first-order valence-corrected chi connectivity index (χ1v) is 8.80. The Balaban J connectivity index is 0.00000208. The average Bonchev–Trinajstić information content (AvgIpc) is 3.16. The van der Waals surface area contributed by atoms with Crippen molar-refractivity contribution in [3.63, 3.8) is 0 Å². The van der Waals surface area contributed by atoms with Gasteiger partial charge in [0, 0.05) is 13.1 Å². The predicted octanol–water partition coefficient (Wildman–Crippen LogP) is 1.79. The van der Waals surface area contributed by atoms with E-state index in [1.165, 1.54) is 27.4 Å². The van der Waals surface area contributed by atoms with Crippen molar-refractivity contribution in [2.24, 2.45) is 11.1 Å². The molecule has 0 saturated carbocycles. The summed E-state index contributed by atoms with van der Waals surface area (Å²) < 4.78 is 41.9. The molecule has 1 fully saturated rings. The Morgan fingerprint density at radius 2 is 2.08 bits per heavy atom. The molecule has 0 radical (unpaired) electrons. The zero-order chi connectivity index (χ0) is 16.7. The lowest BCUT2D eigenvalue weighted by Gasteiger charge is -2.21. The first-order chi connectivity index (χ1) is 10.9. The lowest BCUT2D eigenvalue weighted by molar-refractivity contribution is 0.349. The number of halogens is 2. The molecule has 2 N–H and O–H groups in total. The second-order valence-corrected chi connectivity index (χ2v) is 8.11. The van der Waals surface area contributed by atoms with Crippen LogP contribution in [0.25, 0.3) is 5.69 Å². The summed E-state index contributed by atoms with van der Waals surface area (Å²) >= 11 is 0. The van der Waals surface area contributed by atoms with E-state index in [9.17, 15) is 12.8 Å². The number of rotatable bonds is 4. The van der Waals surface area contributed by atoms with Crippen LogP contribution in [0.5, 0.6) is 0 Å². The fourth-order valence-electron chi connectivity index (χ4n) is 2.71. The first-order valence-electron chi connectivity index (χ1n) is 7.36. The van der Waals surface area contributed by atoms with Crippen LogP contribution in [0.2, 0.25) is 0 Å². The highest BCUT2D eigenvalue weighted by molar-refractivity contribution is 7.89. The standard InChI is InChI=1S/C15H19FN4O2S.ClH/c1-15(10-17)6-7-19(11-15)23(21,22)12-8-18-20(9-12)14-5-3-2-4-13(14)16;/h2-5,8-9H,6-7,10-11,17H2,1H3;1H. The molecule has 1 unspecified atom stereocenters. The van der Waals surface area contributed by atoms with Crippen LogP contribution in [0.1, 0.15) is 13.3 Å². The molecule has 1 aliphatic heterocycles. The van der Waals surface area contributed by atoms with Crippen LogP contribution < -0.4 is 5.73 Å². The van der Waals surface area contributed by atoms with Crippen molar-refractivity contribution in [1.82, 2.24) is 14.1 Å². The van der Waals surface area contributed by atoms with Crippen LogP contribution in [0, 0.1) is 11.2 Å². The number of hydrogen-bond donors (Lipinski definition) is 1. The molecule has 24 heavy (non-hydrogen) atoms. The quantitative estimate of drug-likeness (QED) is 0.884. The fraction of sp³-hybridized carbons (Fsp3) is 0.400. The molecule has 9 heteroatoms. The van der Waals surface area contributed by atoms with Crippen LogP contribution in [0.15, 0.2) is 41.6 Å². The van der Waals surface area contributed by atoms with Crippen molar-refractivity contribution in [1.29, 1.82) is 0 Å². The topological polar surface area (TPSA) is 81.2 Å². The van der Waals surface area contributed by atoms with Crippen LogP contribution in [-0.2, 0) is 10.0 Å². The van der Waals surface area contributed by atoms with E-state index in [0.717, 1.165) is 6.42 Å². The van der Waals surface area contributed by atoms with Gasteiger partial charge in [-0.3, -0.25) is 0 Å². The van der Waals surface area contributed by atoms with E-state index in [2.05, 4.69) is 5.10 Å². The van der Waals surface area contributed by atoms with Gasteiger partial charge >= 0.3 is 0 Å². The van der Waals surface area contributed by atoms with Gasteiger partial charge in [0.1, 0.15) is 16.4 Å². The van der Waals surface area contributed by atoms with E-state index in [-0.39, 0.29) is 28.4 Å². The van der Waals surface area contributed by atoms with Gasteiger partial charge < -0.3 is 5.73 Å². The third kappa shape index (κ3) is 3.32. The number of nitrogens with zero attached hydrogens (tertiary/aromatic N) is 3. The summed E-state index contributed by atoms with van der Waals surface area (Å²) in [5.74, 6) is -0.462. The summed E-state index contributed by atoms with van der Waals surface area (Å²) in [7, 11) is -3.65. The molecule has 1 aromatic heterocycles. The Kier molecular flexibility index (Phi) is 5.34. The molecule has 0 amide bonds. The smallest absolute Gasteiger partial charge is 0.246 e. The second-order valence-electron chi connectivity index (χ2n) is 6.18. The molecular weight excluding hydrogens is 355 g/mol. The molecule has 6 nitrogen and oxygen atoms in total. The van der Waals surface area contributed by atoms with Crippen LogP contribution in [0.4, 0.5) is 4.39 Å². The maximum absolute atomic E-state index is 13.8. The van der Waals surface area contributed by atoms with Crippen LogP contribution in [0.3, 0.4) is 0 Å². The summed E-state index contributed by atoms with van der Waals surface area (Å²) in [5.41, 5.74) is 5.74. The van der Waals surface area contributed by atoms with Crippen molar-refractivity contribution < 1.29 is 12.8 Å². The van der Waals surface area contributed by atoms with E-state index in [4.69, 9.17) is 5.73 Å². The molecule has 1 saturated heterocycles. The van der Waals surface area contributed by atoms with Crippen molar-refractivity contribution in [3.8, 4) is 5.69 Å². The molecule has 1 atom stereocenters. The fourth-order valence-corrected chi connectivity index (χ4v) is 4.23. The van der Waals surface area contributed by atoms with Gasteiger partial charge in [-0.15, -0.1) is 12.4 Å². The Hall–Kier alpha value is -1.48. The van der Waals surface area contributed by atoms with Gasteiger partial charge in [-0.1, -0.05) is 19.1 Å². The molecular formula is C15H20ClFN4O2S. The van der Waals surface area contributed by atoms with Gasteiger partial charge in [0.15, 0.2) is 0 Å². The van der Waals surface area contributed by atoms with Crippen molar-refractivity contribution in [2.75, 3.05) is 19.6 Å². The largest absolute Gasteiger partial charge is 0.330 e. The summed E-state index contributed by atoms with van der Waals surface area (Å²) in [5, 5.41) is 3.99. The Morgan fingerprint density at radius 1 is 1.38 bits per heavy atom. The molecule has 0 spiro atoms. The third-order valence-corrected chi connectivity index (χ3v) is 6.11. The Labute approximate surface area is 146 Å². The van der Waals surface area contributed by atoms with E-state index in [1.807, 2.05) is 6.92 Å².